The standard InChI is InChI=1S/C7H13ClOS/c1-4-7(5-2,10-3)6(8)9/h4-5H2,1-3H3. The second kappa shape index (κ2) is 4.24. The van der Waals surface area contributed by atoms with Gasteiger partial charge in [-0.3, -0.25) is 4.79 Å². The third-order valence-corrected chi connectivity index (χ3v) is 3.91. The lowest BCUT2D eigenvalue weighted by Crippen LogP contribution is -2.29. The van der Waals surface area contributed by atoms with Gasteiger partial charge < -0.3 is 0 Å². The average Bonchev–Trinajstić information content (AvgIpc) is 1.92. The van der Waals surface area contributed by atoms with Crippen LogP contribution >= 0.6 is 23.4 Å². The van der Waals surface area contributed by atoms with Gasteiger partial charge in [0.05, 0.1) is 4.75 Å². The summed E-state index contributed by atoms with van der Waals surface area (Å²) in [5.41, 5.74) is 0. The molecule has 60 valence electrons. The van der Waals surface area contributed by atoms with Crippen LogP contribution in [0.1, 0.15) is 26.7 Å². The van der Waals surface area contributed by atoms with Crippen molar-refractivity contribution < 1.29 is 4.79 Å². The highest BCUT2D eigenvalue weighted by atomic mass is 35.5. The molecule has 0 bridgehead atoms. The number of thioether (sulfide) groups is 1. The molecular formula is C7H13ClOS. The van der Waals surface area contributed by atoms with E-state index in [1.807, 2.05) is 20.1 Å². The first-order valence-corrected chi connectivity index (χ1v) is 4.98. The first-order valence-electron chi connectivity index (χ1n) is 3.38. The molecule has 0 aliphatic heterocycles. The molecule has 0 heterocycles. The third kappa shape index (κ3) is 1.89. The maximum absolute atomic E-state index is 10.9. The molecule has 0 aliphatic carbocycles. The summed E-state index contributed by atoms with van der Waals surface area (Å²) in [6.07, 6.45) is 3.55. The Kier molecular flexibility index (Phi) is 4.37. The molecular weight excluding hydrogens is 168 g/mol. The van der Waals surface area contributed by atoms with Crippen LogP contribution in [-0.2, 0) is 4.79 Å². The van der Waals surface area contributed by atoms with E-state index in [9.17, 15) is 4.79 Å². The van der Waals surface area contributed by atoms with Gasteiger partial charge in [0.2, 0.25) is 5.24 Å². The van der Waals surface area contributed by atoms with Gasteiger partial charge in [0.1, 0.15) is 0 Å². The molecule has 0 saturated carbocycles. The summed E-state index contributed by atoms with van der Waals surface area (Å²) in [6.45, 7) is 3.97. The lowest BCUT2D eigenvalue weighted by molar-refractivity contribution is -0.113. The molecule has 0 saturated heterocycles. The van der Waals surface area contributed by atoms with E-state index < -0.39 is 0 Å². The Balaban J connectivity index is 4.31. The molecule has 3 heteroatoms. The van der Waals surface area contributed by atoms with Crippen LogP contribution in [0.15, 0.2) is 0 Å². The Hall–Kier alpha value is 0.310. The Bertz CT molecular complexity index is 113. The fraction of sp³-hybridized carbons (Fsp3) is 0.857. The highest BCUT2D eigenvalue weighted by molar-refractivity contribution is 8.00. The Morgan fingerprint density at radius 1 is 1.50 bits per heavy atom. The maximum atomic E-state index is 10.9. The molecule has 0 fully saturated rings. The SMILES string of the molecule is CCC(CC)(SC)C(=O)Cl. The van der Waals surface area contributed by atoms with E-state index >= 15 is 0 Å². The molecule has 0 atom stereocenters. The van der Waals surface area contributed by atoms with E-state index in [0.717, 1.165) is 12.8 Å². The van der Waals surface area contributed by atoms with Gasteiger partial charge in [-0.1, -0.05) is 13.8 Å². The summed E-state index contributed by atoms with van der Waals surface area (Å²) in [6, 6.07) is 0. The van der Waals surface area contributed by atoms with Crippen LogP contribution in [0, 0.1) is 0 Å². The van der Waals surface area contributed by atoms with Crippen LogP contribution in [0.4, 0.5) is 0 Å². The quantitative estimate of drug-likeness (QED) is 0.619. The first-order chi connectivity index (χ1) is 4.63. The largest absolute Gasteiger partial charge is 0.280 e. The van der Waals surface area contributed by atoms with Gasteiger partial charge in [-0.25, -0.2) is 0 Å². The number of halogens is 1. The molecule has 0 unspecified atom stereocenters. The van der Waals surface area contributed by atoms with E-state index in [0.29, 0.717) is 0 Å². The predicted octanol–water partition coefficient (Wildman–Crippen LogP) is 2.67. The van der Waals surface area contributed by atoms with Gasteiger partial charge in [-0.05, 0) is 30.7 Å². The van der Waals surface area contributed by atoms with Crippen molar-refractivity contribution in [2.45, 2.75) is 31.4 Å². The maximum Gasteiger partial charge on any atom is 0.237 e. The van der Waals surface area contributed by atoms with Crippen molar-refractivity contribution in [1.29, 1.82) is 0 Å². The van der Waals surface area contributed by atoms with E-state index in [1.54, 1.807) is 11.8 Å². The average molecular weight is 181 g/mol. The summed E-state index contributed by atoms with van der Waals surface area (Å²) in [5.74, 6) is 0. The van der Waals surface area contributed by atoms with E-state index in [1.165, 1.54) is 0 Å². The van der Waals surface area contributed by atoms with Crippen LogP contribution in [0.2, 0.25) is 0 Å². The summed E-state index contributed by atoms with van der Waals surface area (Å²) >= 11 is 6.99. The molecule has 0 aromatic rings. The molecule has 0 aliphatic rings. The molecule has 0 rings (SSSR count). The lowest BCUT2D eigenvalue weighted by Gasteiger charge is -2.24. The number of hydrogen-bond donors (Lipinski definition) is 0. The first kappa shape index (κ1) is 10.3. The number of rotatable bonds is 4. The van der Waals surface area contributed by atoms with Crippen molar-refractivity contribution in [2.24, 2.45) is 0 Å². The van der Waals surface area contributed by atoms with Crippen molar-refractivity contribution in [1.82, 2.24) is 0 Å². The van der Waals surface area contributed by atoms with Crippen molar-refractivity contribution in [3.05, 3.63) is 0 Å². The second-order valence-electron chi connectivity index (χ2n) is 2.18. The minimum absolute atomic E-state index is 0.218. The zero-order chi connectivity index (χ0) is 8.20. The van der Waals surface area contributed by atoms with E-state index in [4.69, 9.17) is 11.6 Å². The predicted molar refractivity (Wildman–Crippen MR) is 47.7 cm³/mol. The Morgan fingerprint density at radius 2 is 1.90 bits per heavy atom. The topological polar surface area (TPSA) is 17.1 Å². The normalized spacial score (nSPS) is 11.6. The van der Waals surface area contributed by atoms with Gasteiger partial charge in [0.15, 0.2) is 0 Å². The van der Waals surface area contributed by atoms with Crippen molar-refractivity contribution in [3.8, 4) is 0 Å². The molecule has 10 heavy (non-hydrogen) atoms. The second-order valence-corrected chi connectivity index (χ2v) is 3.71. The smallest absolute Gasteiger partial charge is 0.237 e. The Labute approximate surface area is 71.5 Å². The zero-order valence-electron chi connectivity index (χ0n) is 6.61. The lowest BCUT2D eigenvalue weighted by atomic mass is 10.0. The van der Waals surface area contributed by atoms with E-state index in [2.05, 4.69) is 0 Å². The monoisotopic (exact) mass is 180 g/mol. The molecule has 0 aromatic heterocycles. The zero-order valence-corrected chi connectivity index (χ0v) is 8.18. The van der Waals surface area contributed by atoms with Gasteiger partial charge in [0.25, 0.3) is 0 Å². The van der Waals surface area contributed by atoms with Gasteiger partial charge >= 0.3 is 0 Å². The molecule has 0 N–H and O–H groups in total. The fourth-order valence-corrected chi connectivity index (χ4v) is 2.13. The van der Waals surface area contributed by atoms with Gasteiger partial charge in [-0.15, -0.1) is 11.8 Å². The number of hydrogen-bond acceptors (Lipinski definition) is 2. The van der Waals surface area contributed by atoms with Gasteiger partial charge in [0, 0.05) is 0 Å². The molecule has 1 nitrogen and oxygen atoms in total. The molecule has 0 amide bonds. The van der Waals surface area contributed by atoms with Crippen molar-refractivity contribution in [2.75, 3.05) is 6.26 Å². The summed E-state index contributed by atoms with van der Waals surface area (Å²) in [7, 11) is 0. The highest BCUT2D eigenvalue weighted by Crippen LogP contribution is 2.32. The van der Waals surface area contributed by atoms with Crippen LogP contribution in [0.5, 0.6) is 0 Å². The van der Waals surface area contributed by atoms with Gasteiger partial charge in [-0.2, -0.15) is 0 Å². The van der Waals surface area contributed by atoms with Crippen molar-refractivity contribution >= 4 is 28.6 Å². The van der Waals surface area contributed by atoms with Crippen LogP contribution < -0.4 is 0 Å². The minimum atomic E-state index is -0.332. The highest BCUT2D eigenvalue weighted by Gasteiger charge is 2.31. The van der Waals surface area contributed by atoms with E-state index in [-0.39, 0.29) is 9.99 Å². The third-order valence-electron chi connectivity index (χ3n) is 1.89. The number of carbonyl (C=O) groups excluding carboxylic acids is 1. The van der Waals surface area contributed by atoms with Crippen LogP contribution in [0.3, 0.4) is 0 Å². The van der Waals surface area contributed by atoms with Crippen molar-refractivity contribution in [3.63, 3.8) is 0 Å². The van der Waals surface area contributed by atoms with Crippen LogP contribution in [-0.4, -0.2) is 16.2 Å². The van der Waals surface area contributed by atoms with Crippen LogP contribution in [0.25, 0.3) is 0 Å². The minimum Gasteiger partial charge on any atom is -0.280 e. The molecule has 0 spiro atoms. The Morgan fingerprint density at radius 3 is 1.90 bits per heavy atom. The molecule has 0 aromatic carbocycles. The summed E-state index contributed by atoms with van der Waals surface area (Å²) < 4.78 is -0.332. The number of carbonyl (C=O) groups is 1. The summed E-state index contributed by atoms with van der Waals surface area (Å²) in [5, 5.41) is -0.218. The summed E-state index contributed by atoms with van der Waals surface area (Å²) in [4.78, 5) is 10.9. The fourth-order valence-electron chi connectivity index (χ4n) is 0.897. The molecule has 0 radical (unpaired) electrons.